The molecule has 2 aromatic rings. The number of rotatable bonds is 10. The van der Waals surface area contributed by atoms with E-state index >= 15 is 0 Å². The number of Topliss-reactive ketones (excluding diaryl/α,β-unsaturated/α-hetero) is 1. The second-order valence-corrected chi connectivity index (χ2v) is 8.79. The molecule has 1 N–H and O–H groups in total. The number of hydrogen-bond donors (Lipinski definition) is 1. The molecule has 0 saturated carbocycles. The maximum absolute atomic E-state index is 13.0. The van der Waals surface area contributed by atoms with E-state index in [1.54, 1.807) is 19.3 Å². The molecule has 166 valence electrons. The van der Waals surface area contributed by atoms with Gasteiger partial charge in [0.25, 0.3) is 0 Å². The van der Waals surface area contributed by atoms with Crippen molar-refractivity contribution in [3.05, 3.63) is 57.3 Å². The molecule has 3 rings (SSSR count). The number of unbranched alkanes of at least 4 members (excludes halogenated alkanes) is 2. The van der Waals surface area contributed by atoms with Crippen LogP contribution in [-0.2, 0) is 6.54 Å². The Hall–Kier alpha value is -2.31. The zero-order chi connectivity index (χ0) is 22.4. The second kappa shape index (κ2) is 10.8. The molecule has 0 atom stereocenters. The van der Waals surface area contributed by atoms with E-state index in [4.69, 9.17) is 9.47 Å². The topological polar surface area (TPSA) is 63.0 Å². The minimum Gasteiger partial charge on any atom is -0.872 e. The number of halogens is 1. The molecule has 0 amide bonds. The quantitative estimate of drug-likeness (QED) is 0.511. The summed E-state index contributed by atoms with van der Waals surface area (Å²) in [4.78, 5) is 14.4. The summed E-state index contributed by atoms with van der Waals surface area (Å²) in [6.45, 7) is 6.93. The van der Waals surface area contributed by atoms with Gasteiger partial charge in [-0.1, -0.05) is 54.4 Å². The number of fused-ring (bicyclic) bond motifs is 1. The zero-order valence-electron chi connectivity index (χ0n) is 18.4. The summed E-state index contributed by atoms with van der Waals surface area (Å²) in [6, 6.07) is 8.65. The van der Waals surface area contributed by atoms with E-state index in [1.165, 1.54) is 11.0 Å². The zero-order valence-corrected chi connectivity index (χ0v) is 20.0. The van der Waals surface area contributed by atoms with Gasteiger partial charge in [0.1, 0.15) is 18.0 Å². The Morgan fingerprint density at radius 3 is 2.48 bits per heavy atom. The fraction of sp³-hybridized carbons (Fsp3) is 0.400. The Kier molecular flexibility index (Phi) is 8.15. The molecule has 6 heteroatoms. The largest absolute Gasteiger partial charge is 0.872 e. The van der Waals surface area contributed by atoms with E-state index in [2.05, 4.69) is 29.8 Å². The molecule has 0 fully saturated rings. The lowest BCUT2D eigenvalue weighted by molar-refractivity contribution is -0.914. The Labute approximate surface area is 192 Å². The summed E-state index contributed by atoms with van der Waals surface area (Å²) in [5, 5.41) is 12.7. The summed E-state index contributed by atoms with van der Waals surface area (Å²) in [5.74, 6) is 0.993. The summed E-state index contributed by atoms with van der Waals surface area (Å²) in [7, 11) is 1.59. The maximum atomic E-state index is 13.0. The van der Waals surface area contributed by atoms with Crippen molar-refractivity contribution < 1.29 is 24.3 Å². The van der Waals surface area contributed by atoms with Crippen LogP contribution in [0.5, 0.6) is 17.2 Å². The van der Waals surface area contributed by atoms with Crippen molar-refractivity contribution >= 4 is 27.8 Å². The molecular formula is C25H30BrNO4. The van der Waals surface area contributed by atoms with Crippen LogP contribution in [0.25, 0.3) is 6.08 Å². The number of carbonyl (C=O) groups is 1. The van der Waals surface area contributed by atoms with E-state index in [9.17, 15) is 9.90 Å². The molecule has 1 heterocycles. The summed E-state index contributed by atoms with van der Waals surface area (Å²) in [6.07, 6.45) is 6.12. The van der Waals surface area contributed by atoms with Crippen LogP contribution in [0.15, 0.2) is 40.6 Å². The Morgan fingerprint density at radius 2 is 1.84 bits per heavy atom. The summed E-state index contributed by atoms with van der Waals surface area (Å²) in [5.41, 5.74) is 1.79. The molecular weight excluding hydrogens is 458 g/mol. The number of hydrogen-bond acceptors (Lipinski definition) is 4. The highest BCUT2D eigenvalue weighted by Crippen LogP contribution is 2.39. The first-order valence-corrected chi connectivity index (χ1v) is 11.7. The van der Waals surface area contributed by atoms with Crippen LogP contribution < -0.4 is 19.5 Å². The molecule has 5 nitrogen and oxygen atoms in total. The van der Waals surface area contributed by atoms with Gasteiger partial charge in [-0.2, -0.15) is 0 Å². The Bertz CT molecular complexity index is 962. The van der Waals surface area contributed by atoms with Crippen LogP contribution in [0.2, 0.25) is 0 Å². The minimum atomic E-state index is -0.207. The standard InChI is InChI=1S/C25H30BrNO4/c1-4-6-12-27(13-7-5-2)16-20-21(28)10-9-19-24(29)23(31-25(19)20)15-17-14-18(26)8-11-22(17)30-3/h8-11,14-15,28H,4-7,12-13,16H2,1-3H3. The smallest absolute Gasteiger partial charge is 0.231 e. The molecule has 1 aliphatic heterocycles. The van der Waals surface area contributed by atoms with E-state index in [0.717, 1.165) is 48.8 Å². The minimum absolute atomic E-state index is 0.0710. The number of allylic oxidation sites excluding steroid dienone is 1. The average Bonchev–Trinajstić information content (AvgIpc) is 3.07. The van der Waals surface area contributed by atoms with Gasteiger partial charge in [0.2, 0.25) is 5.78 Å². The highest BCUT2D eigenvalue weighted by atomic mass is 79.9. The third-order valence-corrected chi connectivity index (χ3v) is 6.06. The monoisotopic (exact) mass is 487 g/mol. The molecule has 0 aromatic heterocycles. The van der Waals surface area contributed by atoms with Gasteiger partial charge in [-0.25, -0.2) is 0 Å². The number of quaternary nitrogens is 1. The molecule has 0 radical (unpaired) electrons. The van der Waals surface area contributed by atoms with Gasteiger partial charge in [0, 0.05) is 15.6 Å². The number of methoxy groups -OCH3 is 1. The first-order chi connectivity index (χ1) is 15.0. The lowest BCUT2D eigenvalue weighted by Gasteiger charge is -2.23. The molecule has 0 saturated heterocycles. The fourth-order valence-electron chi connectivity index (χ4n) is 3.82. The second-order valence-electron chi connectivity index (χ2n) is 7.88. The molecule has 2 aromatic carbocycles. The van der Waals surface area contributed by atoms with Crippen molar-refractivity contribution in [2.45, 2.75) is 46.1 Å². The van der Waals surface area contributed by atoms with Gasteiger partial charge in [-0.15, -0.1) is 0 Å². The van der Waals surface area contributed by atoms with E-state index < -0.39 is 0 Å². The highest BCUT2D eigenvalue weighted by Gasteiger charge is 2.31. The van der Waals surface area contributed by atoms with Crippen molar-refractivity contribution in [1.29, 1.82) is 0 Å². The normalized spacial score (nSPS) is 14.2. The van der Waals surface area contributed by atoms with Crippen LogP contribution in [0.1, 0.15) is 61.0 Å². The SMILES string of the molecule is CCCC[NH+](CCCC)Cc1c([O-])ccc2c1OC(=Cc1cc(Br)ccc1OC)C2=O. The first kappa shape index (κ1) is 23.4. The fourth-order valence-corrected chi connectivity index (χ4v) is 4.20. The average molecular weight is 488 g/mol. The predicted molar refractivity (Wildman–Crippen MR) is 124 cm³/mol. The van der Waals surface area contributed by atoms with Gasteiger partial charge < -0.3 is 19.5 Å². The molecule has 0 spiro atoms. The lowest BCUT2D eigenvalue weighted by Crippen LogP contribution is -3.10. The van der Waals surface area contributed by atoms with E-state index in [-0.39, 0.29) is 17.3 Å². The van der Waals surface area contributed by atoms with Crippen molar-refractivity contribution in [1.82, 2.24) is 0 Å². The highest BCUT2D eigenvalue weighted by molar-refractivity contribution is 9.10. The van der Waals surface area contributed by atoms with E-state index in [1.807, 2.05) is 18.2 Å². The third kappa shape index (κ3) is 5.49. The van der Waals surface area contributed by atoms with Gasteiger partial charge >= 0.3 is 0 Å². The van der Waals surface area contributed by atoms with Crippen molar-refractivity contribution in [2.75, 3.05) is 20.2 Å². The molecule has 31 heavy (non-hydrogen) atoms. The van der Waals surface area contributed by atoms with Gasteiger partial charge in [-0.3, -0.25) is 4.79 Å². The molecule has 0 unspecified atom stereocenters. The van der Waals surface area contributed by atoms with E-state index in [0.29, 0.717) is 29.2 Å². The van der Waals surface area contributed by atoms with Crippen LogP contribution in [-0.4, -0.2) is 26.0 Å². The Balaban J connectivity index is 1.93. The summed E-state index contributed by atoms with van der Waals surface area (Å²) >= 11 is 3.45. The molecule has 0 aliphatic carbocycles. The van der Waals surface area contributed by atoms with Gasteiger partial charge in [0.15, 0.2) is 5.76 Å². The number of nitrogens with one attached hydrogen (secondary N) is 1. The third-order valence-electron chi connectivity index (χ3n) is 5.57. The number of benzene rings is 2. The summed E-state index contributed by atoms with van der Waals surface area (Å²) < 4.78 is 12.3. The van der Waals surface area contributed by atoms with Crippen molar-refractivity contribution in [2.24, 2.45) is 0 Å². The Morgan fingerprint density at radius 1 is 1.13 bits per heavy atom. The van der Waals surface area contributed by atoms with Gasteiger partial charge in [0.05, 0.1) is 25.8 Å². The number of ketones is 1. The number of ether oxygens (including phenoxy) is 2. The number of carbonyl (C=O) groups excluding carboxylic acids is 1. The predicted octanol–water partition coefficient (Wildman–Crippen LogP) is 4.13. The van der Waals surface area contributed by atoms with Gasteiger partial charge in [-0.05, 0) is 43.2 Å². The van der Waals surface area contributed by atoms with Crippen molar-refractivity contribution in [3.8, 4) is 17.2 Å². The molecule has 0 bridgehead atoms. The first-order valence-electron chi connectivity index (χ1n) is 10.9. The van der Waals surface area contributed by atoms with Crippen LogP contribution in [0.4, 0.5) is 0 Å². The maximum Gasteiger partial charge on any atom is 0.231 e. The van der Waals surface area contributed by atoms with Crippen LogP contribution in [0, 0.1) is 0 Å². The van der Waals surface area contributed by atoms with Crippen LogP contribution in [0.3, 0.4) is 0 Å². The van der Waals surface area contributed by atoms with Crippen molar-refractivity contribution in [3.63, 3.8) is 0 Å². The molecule has 1 aliphatic rings. The van der Waals surface area contributed by atoms with Crippen LogP contribution >= 0.6 is 15.9 Å². The lowest BCUT2D eigenvalue weighted by atomic mass is 10.0.